The minimum atomic E-state index is -2.46. The monoisotopic (exact) mass is 292 g/mol. The summed E-state index contributed by atoms with van der Waals surface area (Å²) in [7, 11) is 0. The Morgan fingerprint density at radius 1 is 1.41 bits per heavy atom. The Morgan fingerprint density at radius 2 is 2.06 bits per heavy atom. The first-order valence-electron chi connectivity index (χ1n) is 5.35. The highest BCUT2D eigenvalue weighted by Gasteiger charge is 2.15. The molecule has 0 aliphatic carbocycles. The van der Waals surface area contributed by atoms with Gasteiger partial charge in [0.1, 0.15) is 0 Å². The Morgan fingerprint density at radius 3 is 2.53 bits per heavy atom. The summed E-state index contributed by atoms with van der Waals surface area (Å²) in [6.45, 7) is 4.39. The normalized spacial score (nSPS) is 12.2. The number of hydrogen-bond donors (Lipinski definition) is 1. The van der Waals surface area contributed by atoms with Crippen molar-refractivity contribution < 1.29 is 9.05 Å². The van der Waals surface area contributed by atoms with Crippen LogP contribution >= 0.6 is 18.0 Å². The van der Waals surface area contributed by atoms with Crippen LogP contribution in [-0.2, 0) is 20.9 Å². The van der Waals surface area contributed by atoms with Gasteiger partial charge in [-0.2, -0.15) is 5.10 Å². The highest BCUT2D eigenvalue weighted by atomic mass is 32.5. The van der Waals surface area contributed by atoms with E-state index in [0.717, 1.165) is 4.88 Å². The van der Waals surface area contributed by atoms with Gasteiger partial charge in [-0.25, -0.2) is 5.20 Å². The molecule has 1 aromatic rings. The van der Waals surface area contributed by atoms with Crippen molar-refractivity contribution >= 4 is 36.0 Å². The molecule has 0 aliphatic rings. The van der Waals surface area contributed by atoms with Gasteiger partial charge in [0, 0.05) is 9.75 Å². The average Bonchev–Trinajstić information content (AvgIpc) is 2.65. The molecule has 0 bridgehead atoms. The molecule has 1 rings (SSSR count). The zero-order chi connectivity index (χ0) is 12.7. The van der Waals surface area contributed by atoms with Crippen LogP contribution in [-0.4, -0.2) is 19.4 Å². The zero-order valence-electron chi connectivity index (χ0n) is 10.2. The molecular weight excluding hydrogens is 275 g/mol. The van der Waals surface area contributed by atoms with Crippen LogP contribution in [0.25, 0.3) is 0 Å². The van der Waals surface area contributed by atoms with E-state index < -0.39 is 6.64 Å². The molecule has 0 saturated heterocycles. The van der Waals surface area contributed by atoms with Gasteiger partial charge in [0.2, 0.25) is 0 Å². The van der Waals surface area contributed by atoms with Crippen LogP contribution in [0.4, 0.5) is 0 Å². The van der Waals surface area contributed by atoms with Gasteiger partial charge >= 0.3 is 6.64 Å². The van der Waals surface area contributed by atoms with E-state index in [1.807, 2.05) is 26.0 Å². The van der Waals surface area contributed by atoms with E-state index >= 15 is 0 Å². The predicted molar refractivity (Wildman–Crippen MR) is 77.3 cm³/mol. The third-order valence-electron chi connectivity index (χ3n) is 1.73. The summed E-state index contributed by atoms with van der Waals surface area (Å²) >= 11 is 6.94. The third-order valence-corrected chi connectivity index (χ3v) is 5.10. The van der Waals surface area contributed by atoms with Crippen molar-refractivity contribution in [3.8, 4) is 0 Å². The smallest absolute Gasteiger partial charge is 0.303 e. The first-order valence-corrected chi connectivity index (χ1v) is 8.81. The van der Waals surface area contributed by atoms with E-state index in [0.29, 0.717) is 13.2 Å². The fourth-order valence-corrected chi connectivity index (χ4v) is 3.71. The van der Waals surface area contributed by atoms with Crippen LogP contribution in [0.15, 0.2) is 17.2 Å². The molecule has 0 atom stereocenters. The maximum absolute atomic E-state index is 5.40. The number of hydrazone groups is 1. The van der Waals surface area contributed by atoms with Gasteiger partial charge in [-0.05, 0) is 44.7 Å². The molecule has 1 aromatic heterocycles. The Kier molecular flexibility index (Phi) is 6.30. The summed E-state index contributed by atoms with van der Waals surface area (Å²) in [6.07, 6.45) is 1.73. The summed E-state index contributed by atoms with van der Waals surface area (Å²) < 4.78 is 10.8. The molecule has 7 heteroatoms. The van der Waals surface area contributed by atoms with Crippen LogP contribution < -0.4 is 5.20 Å². The van der Waals surface area contributed by atoms with Crippen LogP contribution in [0.5, 0.6) is 0 Å². The third kappa shape index (κ3) is 5.27. The molecule has 0 spiro atoms. The fourth-order valence-electron chi connectivity index (χ4n) is 1.12. The minimum absolute atomic E-state index is 0.512. The van der Waals surface area contributed by atoms with Gasteiger partial charge in [0.15, 0.2) is 0 Å². The molecule has 96 valence electrons. The molecular formula is C10H17N2O2PS2. The van der Waals surface area contributed by atoms with Crippen molar-refractivity contribution in [1.29, 1.82) is 0 Å². The summed E-state index contributed by atoms with van der Waals surface area (Å²) in [5.74, 6) is 0. The van der Waals surface area contributed by atoms with Crippen molar-refractivity contribution in [2.45, 2.75) is 20.8 Å². The Bertz CT molecular complexity index is 410. The zero-order valence-corrected chi connectivity index (χ0v) is 12.7. The van der Waals surface area contributed by atoms with E-state index in [-0.39, 0.29) is 0 Å². The number of thiophene rings is 1. The van der Waals surface area contributed by atoms with Gasteiger partial charge < -0.3 is 9.05 Å². The molecule has 1 heterocycles. The summed E-state index contributed by atoms with van der Waals surface area (Å²) in [6, 6.07) is 4.06. The Hall–Kier alpha value is -0.260. The number of aryl methyl sites for hydroxylation is 1. The van der Waals surface area contributed by atoms with Crippen LogP contribution in [0.2, 0.25) is 0 Å². The lowest BCUT2D eigenvalue weighted by Gasteiger charge is -2.19. The number of nitrogens with zero attached hydrogens (tertiary/aromatic N) is 1. The second-order valence-corrected chi connectivity index (χ2v) is 7.61. The number of hydrogen-bond acceptors (Lipinski definition) is 5. The Labute approximate surface area is 111 Å². The van der Waals surface area contributed by atoms with Crippen molar-refractivity contribution in [2.75, 3.05) is 13.2 Å². The molecule has 0 fully saturated rings. The maximum atomic E-state index is 5.40. The molecule has 0 saturated carbocycles. The van der Waals surface area contributed by atoms with Crippen molar-refractivity contribution in [3.05, 3.63) is 21.9 Å². The summed E-state index contributed by atoms with van der Waals surface area (Å²) in [5.41, 5.74) is 0. The van der Waals surface area contributed by atoms with E-state index in [4.69, 9.17) is 20.9 Å². The summed E-state index contributed by atoms with van der Waals surface area (Å²) in [4.78, 5) is 2.32. The Balaban J connectivity index is 2.57. The quantitative estimate of drug-likeness (QED) is 0.476. The van der Waals surface area contributed by atoms with Crippen LogP contribution in [0, 0.1) is 6.92 Å². The molecule has 17 heavy (non-hydrogen) atoms. The highest BCUT2D eigenvalue weighted by Crippen LogP contribution is 2.43. The first kappa shape index (κ1) is 14.8. The number of rotatable bonds is 7. The predicted octanol–water partition coefficient (Wildman–Crippen LogP) is 3.28. The van der Waals surface area contributed by atoms with Gasteiger partial charge in [-0.15, -0.1) is 11.3 Å². The molecule has 0 aromatic carbocycles. The van der Waals surface area contributed by atoms with Crippen LogP contribution in [0.1, 0.15) is 23.6 Å². The first-order chi connectivity index (χ1) is 8.09. The maximum Gasteiger partial charge on any atom is 0.303 e. The van der Waals surface area contributed by atoms with Crippen molar-refractivity contribution in [1.82, 2.24) is 5.20 Å². The average molecular weight is 292 g/mol. The van der Waals surface area contributed by atoms with E-state index in [9.17, 15) is 0 Å². The lowest BCUT2D eigenvalue weighted by Crippen LogP contribution is -2.09. The van der Waals surface area contributed by atoms with Gasteiger partial charge in [-0.1, -0.05) is 0 Å². The molecule has 4 nitrogen and oxygen atoms in total. The van der Waals surface area contributed by atoms with E-state index in [1.54, 1.807) is 17.6 Å². The SMILES string of the molecule is CCOP(=S)(NN=Cc1ccc(C)s1)OCC. The molecule has 1 N–H and O–H groups in total. The van der Waals surface area contributed by atoms with E-state index in [1.165, 1.54) is 4.88 Å². The van der Waals surface area contributed by atoms with Crippen molar-refractivity contribution in [3.63, 3.8) is 0 Å². The lowest BCUT2D eigenvalue weighted by molar-refractivity contribution is 0.259. The number of nitrogens with one attached hydrogen (secondary N) is 1. The van der Waals surface area contributed by atoms with Crippen molar-refractivity contribution in [2.24, 2.45) is 5.10 Å². The van der Waals surface area contributed by atoms with Gasteiger partial charge in [-0.3, -0.25) is 0 Å². The standard InChI is InChI=1S/C10H17N2O2PS2/c1-4-13-15(16,14-5-2)12-11-8-10-7-6-9(3)17-10/h6-8H,4-5H2,1-3H3,(H,12,16). The highest BCUT2D eigenvalue weighted by molar-refractivity contribution is 8.08. The molecule has 0 aliphatic heterocycles. The molecule has 0 amide bonds. The lowest BCUT2D eigenvalue weighted by atomic mass is 10.4. The van der Waals surface area contributed by atoms with Gasteiger partial charge in [0.25, 0.3) is 0 Å². The fraction of sp³-hybridized carbons (Fsp3) is 0.500. The second kappa shape index (κ2) is 7.24. The second-order valence-electron chi connectivity index (χ2n) is 3.14. The molecule has 0 radical (unpaired) electrons. The topological polar surface area (TPSA) is 42.8 Å². The minimum Gasteiger partial charge on any atom is -0.313 e. The largest absolute Gasteiger partial charge is 0.313 e. The van der Waals surface area contributed by atoms with Gasteiger partial charge in [0.05, 0.1) is 19.4 Å². The van der Waals surface area contributed by atoms with E-state index in [2.05, 4.69) is 17.2 Å². The van der Waals surface area contributed by atoms with Crippen LogP contribution in [0.3, 0.4) is 0 Å². The molecule has 0 unspecified atom stereocenters. The summed E-state index contributed by atoms with van der Waals surface area (Å²) in [5, 5.41) is 6.91.